The van der Waals surface area contributed by atoms with Gasteiger partial charge in [0, 0.05) is 5.39 Å². The summed E-state index contributed by atoms with van der Waals surface area (Å²) in [6, 6.07) is 3.51. The minimum atomic E-state index is -0.515. The summed E-state index contributed by atoms with van der Waals surface area (Å²) in [6.45, 7) is 1.86. The number of hydrogen-bond acceptors (Lipinski definition) is 3. The van der Waals surface area contributed by atoms with Crippen LogP contribution in [0.25, 0.3) is 10.9 Å². The zero-order valence-electron chi connectivity index (χ0n) is 7.99. The van der Waals surface area contributed by atoms with Crippen molar-refractivity contribution in [2.24, 2.45) is 5.73 Å². The van der Waals surface area contributed by atoms with Crippen LogP contribution in [0.15, 0.2) is 18.5 Å². The maximum absolute atomic E-state index is 11.2. The van der Waals surface area contributed by atoms with Gasteiger partial charge in [0.15, 0.2) is 0 Å². The van der Waals surface area contributed by atoms with Crippen molar-refractivity contribution >= 4 is 28.4 Å². The maximum atomic E-state index is 11.2. The van der Waals surface area contributed by atoms with E-state index >= 15 is 0 Å². The molecule has 0 aliphatic rings. The van der Waals surface area contributed by atoms with Gasteiger partial charge >= 0.3 is 0 Å². The number of benzene rings is 1. The third-order valence-corrected chi connectivity index (χ3v) is 2.40. The highest BCUT2D eigenvalue weighted by Gasteiger charge is 2.11. The Morgan fingerprint density at radius 2 is 2.13 bits per heavy atom. The molecule has 2 N–H and O–H groups in total. The summed E-state index contributed by atoms with van der Waals surface area (Å²) in [6.07, 6.45) is 1.31. The molecule has 0 radical (unpaired) electrons. The van der Waals surface area contributed by atoms with Crippen molar-refractivity contribution in [1.82, 2.24) is 9.97 Å². The molecule has 5 heteroatoms. The molecule has 0 fully saturated rings. The summed E-state index contributed by atoms with van der Waals surface area (Å²) in [5, 5.41) is 0.971. The predicted octanol–water partition coefficient (Wildman–Crippen LogP) is 1.69. The average molecular weight is 222 g/mol. The van der Waals surface area contributed by atoms with Crippen LogP contribution in [0, 0.1) is 6.92 Å². The quantitative estimate of drug-likeness (QED) is 0.745. The standard InChI is InChI=1S/C10H8ClN3O/c1-5-2-6-8(7(3-5)10(12)15)13-4-14-9(6)11/h2-4H,1H3,(H2,12,15). The fourth-order valence-electron chi connectivity index (χ4n) is 1.47. The zero-order valence-corrected chi connectivity index (χ0v) is 8.75. The second-order valence-corrected chi connectivity index (χ2v) is 3.60. The lowest BCUT2D eigenvalue weighted by molar-refractivity contribution is 0.100. The second-order valence-electron chi connectivity index (χ2n) is 3.24. The van der Waals surface area contributed by atoms with Gasteiger partial charge in [-0.25, -0.2) is 9.97 Å². The number of nitrogens with two attached hydrogens (primary N) is 1. The molecule has 1 aromatic carbocycles. The summed E-state index contributed by atoms with van der Waals surface area (Å²) >= 11 is 5.90. The molecule has 0 aliphatic heterocycles. The molecule has 2 aromatic rings. The van der Waals surface area contributed by atoms with Gasteiger partial charge in [0.2, 0.25) is 0 Å². The number of carbonyl (C=O) groups is 1. The Labute approximate surface area is 91.1 Å². The molecular formula is C10H8ClN3O. The summed E-state index contributed by atoms with van der Waals surface area (Å²) in [5.41, 5.74) is 7.02. The Hall–Kier alpha value is -1.68. The average Bonchev–Trinajstić information content (AvgIpc) is 2.18. The predicted molar refractivity (Wildman–Crippen MR) is 57.8 cm³/mol. The summed E-state index contributed by atoms with van der Waals surface area (Å²) in [4.78, 5) is 19.1. The van der Waals surface area contributed by atoms with Crippen LogP contribution in [0.4, 0.5) is 0 Å². The number of hydrogen-bond donors (Lipinski definition) is 1. The number of carbonyl (C=O) groups excluding carboxylic acids is 1. The smallest absolute Gasteiger partial charge is 0.250 e. The number of nitrogens with zero attached hydrogens (tertiary/aromatic N) is 2. The van der Waals surface area contributed by atoms with E-state index in [2.05, 4.69) is 9.97 Å². The largest absolute Gasteiger partial charge is 0.366 e. The second kappa shape index (κ2) is 3.47. The molecule has 0 aliphatic carbocycles. The fraction of sp³-hybridized carbons (Fsp3) is 0.100. The normalized spacial score (nSPS) is 10.5. The molecule has 15 heavy (non-hydrogen) atoms. The molecule has 1 heterocycles. The molecular weight excluding hydrogens is 214 g/mol. The van der Waals surface area contributed by atoms with Gasteiger partial charge in [-0.05, 0) is 24.6 Å². The van der Waals surface area contributed by atoms with E-state index in [0.717, 1.165) is 5.56 Å². The Morgan fingerprint density at radius 1 is 1.40 bits per heavy atom. The van der Waals surface area contributed by atoms with E-state index in [0.29, 0.717) is 21.6 Å². The molecule has 0 unspecified atom stereocenters. The Balaban J connectivity index is 2.92. The number of aromatic nitrogens is 2. The lowest BCUT2D eigenvalue weighted by atomic mass is 10.1. The van der Waals surface area contributed by atoms with Crippen LogP contribution in [0.3, 0.4) is 0 Å². The van der Waals surface area contributed by atoms with Crippen LogP contribution in [-0.2, 0) is 0 Å². The van der Waals surface area contributed by atoms with Gasteiger partial charge in [0.05, 0.1) is 11.1 Å². The first-order chi connectivity index (χ1) is 7.09. The van der Waals surface area contributed by atoms with E-state index < -0.39 is 5.91 Å². The van der Waals surface area contributed by atoms with E-state index in [1.165, 1.54) is 6.33 Å². The molecule has 1 aromatic heterocycles. The SMILES string of the molecule is Cc1cc(C(N)=O)c2ncnc(Cl)c2c1. The molecule has 0 saturated carbocycles. The molecule has 0 saturated heterocycles. The maximum Gasteiger partial charge on any atom is 0.250 e. The van der Waals surface area contributed by atoms with Gasteiger partial charge in [-0.2, -0.15) is 0 Å². The summed E-state index contributed by atoms with van der Waals surface area (Å²) in [5.74, 6) is -0.515. The van der Waals surface area contributed by atoms with Crippen LogP contribution >= 0.6 is 11.6 Å². The first-order valence-electron chi connectivity index (χ1n) is 4.30. The van der Waals surface area contributed by atoms with Gasteiger partial charge in [-0.1, -0.05) is 11.6 Å². The van der Waals surface area contributed by atoms with Crippen molar-refractivity contribution in [3.8, 4) is 0 Å². The van der Waals surface area contributed by atoms with Gasteiger partial charge in [-0.3, -0.25) is 4.79 Å². The van der Waals surface area contributed by atoms with Crippen molar-refractivity contribution in [3.05, 3.63) is 34.7 Å². The Morgan fingerprint density at radius 3 is 2.80 bits per heavy atom. The topological polar surface area (TPSA) is 68.9 Å². The van der Waals surface area contributed by atoms with Crippen molar-refractivity contribution in [2.45, 2.75) is 6.92 Å². The van der Waals surface area contributed by atoms with Crippen molar-refractivity contribution in [3.63, 3.8) is 0 Å². The zero-order chi connectivity index (χ0) is 11.0. The number of aryl methyl sites for hydroxylation is 1. The van der Waals surface area contributed by atoms with Crippen LogP contribution < -0.4 is 5.73 Å². The summed E-state index contributed by atoms with van der Waals surface area (Å²) in [7, 11) is 0. The van der Waals surface area contributed by atoms with Crippen molar-refractivity contribution in [1.29, 1.82) is 0 Å². The first kappa shape index (κ1) is 9.86. The fourth-order valence-corrected chi connectivity index (χ4v) is 1.66. The molecule has 1 amide bonds. The minimum absolute atomic E-state index is 0.325. The lowest BCUT2D eigenvalue weighted by Gasteiger charge is -2.04. The molecule has 4 nitrogen and oxygen atoms in total. The molecule has 2 rings (SSSR count). The monoisotopic (exact) mass is 221 g/mol. The highest BCUT2D eigenvalue weighted by atomic mass is 35.5. The molecule has 0 bridgehead atoms. The van der Waals surface area contributed by atoms with E-state index in [1.807, 2.05) is 13.0 Å². The number of primary amides is 1. The third-order valence-electron chi connectivity index (χ3n) is 2.10. The van der Waals surface area contributed by atoms with Crippen molar-refractivity contribution in [2.75, 3.05) is 0 Å². The van der Waals surface area contributed by atoms with Crippen LogP contribution in [0.2, 0.25) is 5.15 Å². The first-order valence-corrected chi connectivity index (χ1v) is 4.68. The van der Waals surface area contributed by atoms with E-state index in [1.54, 1.807) is 6.07 Å². The van der Waals surface area contributed by atoms with E-state index in [-0.39, 0.29) is 0 Å². The Bertz CT molecular complexity index is 554. The molecule has 76 valence electrons. The van der Waals surface area contributed by atoms with Crippen molar-refractivity contribution < 1.29 is 4.79 Å². The van der Waals surface area contributed by atoms with E-state index in [4.69, 9.17) is 17.3 Å². The number of rotatable bonds is 1. The van der Waals surface area contributed by atoms with Crippen LogP contribution in [-0.4, -0.2) is 15.9 Å². The molecule has 0 spiro atoms. The minimum Gasteiger partial charge on any atom is -0.366 e. The highest BCUT2D eigenvalue weighted by Crippen LogP contribution is 2.23. The van der Waals surface area contributed by atoms with Gasteiger partial charge in [0.25, 0.3) is 5.91 Å². The highest BCUT2D eigenvalue weighted by molar-refractivity contribution is 6.34. The van der Waals surface area contributed by atoms with Gasteiger partial charge < -0.3 is 5.73 Å². The Kier molecular flexibility index (Phi) is 2.28. The summed E-state index contributed by atoms with van der Waals surface area (Å²) < 4.78 is 0. The van der Waals surface area contributed by atoms with Crippen LogP contribution in [0.1, 0.15) is 15.9 Å². The third kappa shape index (κ3) is 1.64. The van der Waals surface area contributed by atoms with Gasteiger partial charge in [0.1, 0.15) is 11.5 Å². The van der Waals surface area contributed by atoms with E-state index in [9.17, 15) is 4.79 Å². The number of fused-ring (bicyclic) bond motifs is 1. The number of halogens is 1. The lowest BCUT2D eigenvalue weighted by Crippen LogP contribution is -2.12. The van der Waals surface area contributed by atoms with Crippen LogP contribution in [0.5, 0.6) is 0 Å². The molecule has 0 atom stereocenters. The van der Waals surface area contributed by atoms with Gasteiger partial charge in [-0.15, -0.1) is 0 Å². The number of amides is 1.